The predicted molar refractivity (Wildman–Crippen MR) is 77.1 cm³/mol. The van der Waals surface area contributed by atoms with Gasteiger partial charge in [-0.25, -0.2) is 4.72 Å². The standard InChI is InChI=1S/C13H27N3O2S/c1-12-5-9-16(10-6-12)19(17,18)15-8-4-13-3-2-7-14-11-13/h12-15H,2-11H2,1H3. The van der Waals surface area contributed by atoms with E-state index in [1.807, 2.05) is 0 Å². The van der Waals surface area contributed by atoms with Crippen molar-refractivity contribution in [2.45, 2.75) is 39.0 Å². The van der Waals surface area contributed by atoms with Crippen LogP contribution < -0.4 is 10.0 Å². The number of rotatable bonds is 5. The van der Waals surface area contributed by atoms with E-state index in [1.165, 1.54) is 12.8 Å². The van der Waals surface area contributed by atoms with E-state index < -0.39 is 10.2 Å². The Morgan fingerprint density at radius 2 is 2.00 bits per heavy atom. The van der Waals surface area contributed by atoms with Crippen molar-refractivity contribution in [2.24, 2.45) is 11.8 Å². The highest BCUT2D eigenvalue weighted by Gasteiger charge is 2.26. The van der Waals surface area contributed by atoms with Crippen molar-refractivity contribution in [3.8, 4) is 0 Å². The highest BCUT2D eigenvalue weighted by molar-refractivity contribution is 7.87. The lowest BCUT2D eigenvalue weighted by atomic mass is 9.96. The molecule has 2 rings (SSSR count). The molecule has 0 bridgehead atoms. The van der Waals surface area contributed by atoms with Crippen LogP contribution in [0.15, 0.2) is 0 Å². The van der Waals surface area contributed by atoms with Gasteiger partial charge in [0.05, 0.1) is 0 Å². The zero-order valence-electron chi connectivity index (χ0n) is 11.9. The molecule has 1 unspecified atom stereocenters. The second kappa shape index (κ2) is 7.02. The summed E-state index contributed by atoms with van der Waals surface area (Å²) in [5.74, 6) is 1.28. The number of hydrogen-bond donors (Lipinski definition) is 2. The lowest BCUT2D eigenvalue weighted by Crippen LogP contribution is -2.45. The van der Waals surface area contributed by atoms with Gasteiger partial charge in [-0.3, -0.25) is 0 Å². The monoisotopic (exact) mass is 289 g/mol. The minimum Gasteiger partial charge on any atom is -0.316 e. The third-order valence-corrected chi connectivity index (χ3v) is 5.93. The van der Waals surface area contributed by atoms with Crippen LogP contribution in [0.1, 0.15) is 39.0 Å². The smallest absolute Gasteiger partial charge is 0.279 e. The van der Waals surface area contributed by atoms with E-state index in [0.29, 0.717) is 31.5 Å². The third kappa shape index (κ3) is 4.70. The van der Waals surface area contributed by atoms with E-state index in [0.717, 1.165) is 32.4 Å². The zero-order chi connectivity index (χ0) is 13.7. The van der Waals surface area contributed by atoms with Crippen molar-refractivity contribution in [3.63, 3.8) is 0 Å². The van der Waals surface area contributed by atoms with Crippen molar-refractivity contribution in [2.75, 3.05) is 32.7 Å². The molecular formula is C13H27N3O2S. The molecular weight excluding hydrogens is 262 g/mol. The highest BCUT2D eigenvalue weighted by atomic mass is 32.2. The number of piperidine rings is 2. The maximum Gasteiger partial charge on any atom is 0.279 e. The molecule has 0 saturated carbocycles. The molecule has 0 aromatic rings. The van der Waals surface area contributed by atoms with Crippen LogP contribution >= 0.6 is 0 Å². The summed E-state index contributed by atoms with van der Waals surface area (Å²) in [4.78, 5) is 0. The van der Waals surface area contributed by atoms with Crippen LogP contribution in [0.25, 0.3) is 0 Å². The summed E-state index contributed by atoms with van der Waals surface area (Å²) < 4.78 is 28.6. The van der Waals surface area contributed by atoms with Gasteiger partial charge >= 0.3 is 0 Å². The summed E-state index contributed by atoms with van der Waals surface area (Å²) >= 11 is 0. The molecule has 0 aliphatic carbocycles. The van der Waals surface area contributed by atoms with E-state index in [1.54, 1.807) is 4.31 Å². The molecule has 19 heavy (non-hydrogen) atoms. The first-order valence-electron chi connectivity index (χ1n) is 7.53. The molecule has 0 spiro atoms. The second-order valence-corrected chi connectivity index (χ2v) is 7.74. The fourth-order valence-electron chi connectivity index (χ4n) is 2.88. The van der Waals surface area contributed by atoms with Crippen LogP contribution in [-0.2, 0) is 10.2 Å². The number of nitrogens with one attached hydrogen (secondary N) is 2. The molecule has 2 N–H and O–H groups in total. The maximum absolute atomic E-state index is 12.1. The molecule has 0 aromatic carbocycles. The summed E-state index contributed by atoms with van der Waals surface area (Å²) in [6, 6.07) is 0. The van der Waals surface area contributed by atoms with Crippen molar-refractivity contribution >= 4 is 10.2 Å². The average Bonchev–Trinajstić information content (AvgIpc) is 2.40. The summed E-state index contributed by atoms with van der Waals surface area (Å²) in [5, 5.41) is 3.36. The summed E-state index contributed by atoms with van der Waals surface area (Å²) in [6.45, 7) is 6.23. The predicted octanol–water partition coefficient (Wildman–Crippen LogP) is 0.942. The first-order chi connectivity index (χ1) is 9.08. The highest BCUT2D eigenvalue weighted by Crippen LogP contribution is 2.18. The first kappa shape index (κ1) is 15.2. The molecule has 6 heteroatoms. The molecule has 2 aliphatic heterocycles. The van der Waals surface area contributed by atoms with E-state index in [-0.39, 0.29) is 0 Å². The molecule has 0 amide bonds. The van der Waals surface area contributed by atoms with Crippen LogP contribution in [-0.4, -0.2) is 45.4 Å². The van der Waals surface area contributed by atoms with Crippen LogP contribution in [0.3, 0.4) is 0 Å². The lowest BCUT2D eigenvalue weighted by molar-refractivity contribution is 0.284. The molecule has 0 aromatic heterocycles. The van der Waals surface area contributed by atoms with Gasteiger partial charge in [0.1, 0.15) is 0 Å². The minimum absolute atomic E-state index is 0.570. The van der Waals surface area contributed by atoms with Gasteiger partial charge in [-0.2, -0.15) is 12.7 Å². The average molecular weight is 289 g/mol. The Labute approximate surface area is 117 Å². The molecule has 2 fully saturated rings. The van der Waals surface area contributed by atoms with Crippen LogP contribution in [0.2, 0.25) is 0 Å². The van der Waals surface area contributed by atoms with E-state index in [9.17, 15) is 8.42 Å². The Morgan fingerprint density at radius 3 is 2.63 bits per heavy atom. The molecule has 2 aliphatic rings. The third-order valence-electron chi connectivity index (χ3n) is 4.32. The van der Waals surface area contributed by atoms with E-state index in [4.69, 9.17) is 0 Å². The molecule has 112 valence electrons. The van der Waals surface area contributed by atoms with Gasteiger partial charge in [0, 0.05) is 19.6 Å². The van der Waals surface area contributed by atoms with Gasteiger partial charge < -0.3 is 5.32 Å². The van der Waals surface area contributed by atoms with Crippen LogP contribution in [0.4, 0.5) is 0 Å². The largest absolute Gasteiger partial charge is 0.316 e. The fraction of sp³-hybridized carbons (Fsp3) is 1.00. The molecule has 0 radical (unpaired) electrons. The van der Waals surface area contributed by atoms with Crippen molar-refractivity contribution in [3.05, 3.63) is 0 Å². The number of nitrogens with zero attached hydrogens (tertiary/aromatic N) is 1. The second-order valence-electron chi connectivity index (χ2n) is 5.98. The Bertz CT molecular complexity index is 358. The fourth-order valence-corrected chi connectivity index (χ4v) is 4.13. The van der Waals surface area contributed by atoms with Gasteiger partial charge in [0.15, 0.2) is 0 Å². The van der Waals surface area contributed by atoms with Gasteiger partial charge in [0.25, 0.3) is 10.2 Å². The zero-order valence-corrected chi connectivity index (χ0v) is 12.7. The summed E-state index contributed by atoms with van der Waals surface area (Å²) in [6.07, 6.45) is 5.33. The molecule has 5 nitrogen and oxygen atoms in total. The van der Waals surface area contributed by atoms with Gasteiger partial charge in [-0.15, -0.1) is 0 Å². The SMILES string of the molecule is CC1CCN(S(=O)(=O)NCCC2CCCNC2)CC1. The normalized spacial score (nSPS) is 27.5. The quantitative estimate of drug-likeness (QED) is 0.792. The number of hydrogen-bond acceptors (Lipinski definition) is 3. The Morgan fingerprint density at radius 1 is 1.26 bits per heavy atom. The first-order valence-corrected chi connectivity index (χ1v) is 8.97. The minimum atomic E-state index is -3.24. The van der Waals surface area contributed by atoms with Crippen LogP contribution in [0.5, 0.6) is 0 Å². The van der Waals surface area contributed by atoms with E-state index in [2.05, 4.69) is 17.0 Å². The van der Waals surface area contributed by atoms with E-state index >= 15 is 0 Å². The molecule has 2 heterocycles. The topological polar surface area (TPSA) is 61.4 Å². The Balaban J connectivity index is 1.71. The molecule has 1 atom stereocenters. The van der Waals surface area contributed by atoms with Crippen molar-refractivity contribution in [1.82, 2.24) is 14.3 Å². The summed E-state index contributed by atoms with van der Waals surface area (Å²) in [5.41, 5.74) is 0. The lowest BCUT2D eigenvalue weighted by Gasteiger charge is -2.29. The van der Waals surface area contributed by atoms with Crippen molar-refractivity contribution < 1.29 is 8.42 Å². The Hall–Kier alpha value is -0.170. The van der Waals surface area contributed by atoms with Crippen molar-refractivity contribution in [1.29, 1.82) is 0 Å². The molecule has 2 saturated heterocycles. The Kier molecular flexibility index (Phi) is 5.62. The van der Waals surface area contributed by atoms with Crippen LogP contribution in [0, 0.1) is 11.8 Å². The summed E-state index contributed by atoms with van der Waals surface area (Å²) in [7, 11) is -3.24. The maximum atomic E-state index is 12.1. The van der Waals surface area contributed by atoms with Gasteiger partial charge in [-0.05, 0) is 57.0 Å². The van der Waals surface area contributed by atoms with Gasteiger partial charge in [0.2, 0.25) is 0 Å². The van der Waals surface area contributed by atoms with Gasteiger partial charge in [-0.1, -0.05) is 6.92 Å².